The number of halogens is 1. The van der Waals surface area contributed by atoms with Crippen LogP contribution in [-0.2, 0) is 17.8 Å². The fraction of sp³-hybridized carbons (Fsp3) is 0.182. The van der Waals surface area contributed by atoms with Gasteiger partial charge in [0.25, 0.3) is 0 Å². The maximum Gasteiger partial charge on any atom is 0.230 e. The number of aromatic nitrogens is 1. The van der Waals surface area contributed by atoms with E-state index in [-0.39, 0.29) is 11.8 Å². The van der Waals surface area contributed by atoms with Crippen molar-refractivity contribution in [1.82, 2.24) is 9.88 Å². The van der Waals surface area contributed by atoms with Gasteiger partial charge in [-0.25, -0.2) is 0 Å². The molecule has 1 heterocycles. The van der Waals surface area contributed by atoms with Gasteiger partial charge in [0.05, 0.1) is 5.92 Å². The Labute approximate surface area is 159 Å². The van der Waals surface area contributed by atoms with Gasteiger partial charge in [-0.2, -0.15) is 0 Å². The molecule has 0 saturated heterocycles. The first-order valence-electron chi connectivity index (χ1n) is 8.57. The third-order valence-electron chi connectivity index (χ3n) is 4.37. The van der Waals surface area contributed by atoms with Crippen LogP contribution >= 0.6 is 11.6 Å². The van der Waals surface area contributed by atoms with Crippen LogP contribution in [0.4, 0.5) is 0 Å². The van der Waals surface area contributed by atoms with E-state index in [0.717, 1.165) is 16.7 Å². The Kier molecular flexibility index (Phi) is 6.03. The van der Waals surface area contributed by atoms with E-state index in [0.29, 0.717) is 18.0 Å². The van der Waals surface area contributed by atoms with Crippen molar-refractivity contribution in [1.29, 1.82) is 0 Å². The summed E-state index contributed by atoms with van der Waals surface area (Å²) in [5, 5.41) is 0.666. The summed E-state index contributed by atoms with van der Waals surface area (Å²) in [4.78, 5) is 19.2. The third kappa shape index (κ3) is 4.70. The minimum atomic E-state index is -0.273. The van der Waals surface area contributed by atoms with Crippen molar-refractivity contribution in [3.63, 3.8) is 0 Å². The van der Waals surface area contributed by atoms with E-state index in [2.05, 4.69) is 4.98 Å². The lowest BCUT2D eigenvalue weighted by Crippen LogP contribution is -2.32. The Bertz CT molecular complexity index is 835. The second-order valence-corrected chi connectivity index (χ2v) is 6.79. The molecular formula is C22H21ClN2O. The monoisotopic (exact) mass is 364 g/mol. The molecule has 3 aromatic rings. The lowest BCUT2D eigenvalue weighted by Gasteiger charge is -2.24. The Morgan fingerprint density at radius 2 is 1.69 bits per heavy atom. The molecule has 1 amide bonds. The molecule has 1 unspecified atom stereocenters. The third-order valence-corrected chi connectivity index (χ3v) is 4.62. The molecule has 0 aliphatic carbocycles. The van der Waals surface area contributed by atoms with Gasteiger partial charge >= 0.3 is 0 Å². The summed E-state index contributed by atoms with van der Waals surface area (Å²) in [6.07, 6.45) is 4.16. The van der Waals surface area contributed by atoms with Gasteiger partial charge in [-0.1, -0.05) is 60.1 Å². The van der Waals surface area contributed by atoms with Crippen molar-refractivity contribution in [2.75, 3.05) is 7.05 Å². The molecule has 0 aliphatic rings. The van der Waals surface area contributed by atoms with Gasteiger partial charge < -0.3 is 4.90 Å². The van der Waals surface area contributed by atoms with Crippen LogP contribution in [0.15, 0.2) is 79.1 Å². The van der Waals surface area contributed by atoms with E-state index in [4.69, 9.17) is 11.6 Å². The maximum atomic E-state index is 13.2. The van der Waals surface area contributed by atoms with Gasteiger partial charge in [0, 0.05) is 31.0 Å². The maximum absolute atomic E-state index is 13.2. The molecule has 0 spiro atoms. The number of rotatable bonds is 6. The summed E-state index contributed by atoms with van der Waals surface area (Å²) in [7, 11) is 1.85. The van der Waals surface area contributed by atoms with Crippen LogP contribution in [0.25, 0.3) is 0 Å². The number of pyridine rings is 1. The highest BCUT2D eigenvalue weighted by molar-refractivity contribution is 6.30. The van der Waals surface area contributed by atoms with Crippen LogP contribution in [-0.4, -0.2) is 22.8 Å². The zero-order valence-electron chi connectivity index (χ0n) is 14.7. The largest absolute Gasteiger partial charge is 0.341 e. The van der Waals surface area contributed by atoms with Crippen LogP contribution < -0.4 is 0 Å². The second-order valence-electron chi connectivity index (χ2n) is 6.35. The van der Waals surface area contributed by atoms with Crippen molar-refractivity contribution in [3.8, 4) is 0 Å². The molecule has 132 valence electrons. The van der Waals surface area contributed by atoms with Gasteiger partial charge in [0.15, 0.2) is 0 Å². The predicted octanol–water partition coefficient (Wildman–Crippen LogP) is 4.72. The van der Waals surface area contributed by atoms with E-state index in [1.807, 2.05) is 80.0 Å². The van der Waals surface area contributed by atoms with Crippen molar-refractivity contribution in [2.24, 2.45) is 0 Å². The average molecular weight is 365 g/mol. The molecule has 0 bridgehead atoms. The van der Waals surface area contributed by atoms with E-state index < -0.39 is 0 Å². The fourth-order valence-corrected chi connectivity index (χ4v) is 3.12. The highest BCUT2D eigenvalue weighted by Crippen LogP contribution is 2.25. The molecule has 0 saturated carbocycles. The zero-order chi connectivity index (χ0) is 18.4. The lowest BCUT2D eigenvalue weighted by molar-refractivity contribution is -0.132. The number of hydrogen-bond donors (Lipinski definition) is 0. The quantitative estimate of drug-likeness (QED) is 0.634. The number of hydrogen-bond acceptors (Lipinski definition) is 2. The Balaban J connectivity index is 1.83. The van der Waals surface area contributed by atoms with Crippen LogP contribution in [0.2, 0.25) is 5.02 Å². The summed E-state index contributed by atoms with van der Waals surface area (Å²) in [5.74, 6) is -0.190. The van der Waals surface area contributed by atoms with Gasteiger partial charge in [0.2, 0.25) is 5.91 Å². The van der Waals surface area contributed by atoms with Crippen molar-refractivity contribution in [3.05, 3.63) is 101 Å². The molecule has 0 N–H and O–H groups in total. The van der Waals surface area contributed by atoms with E-state index in [1.165, 1.54) is 0 Å². The summed E-state index contributed by atoms with van der Waals surface area (Å²) in [5.41, 5.74) is 3.11. The highest BCUT2D eigenvalue weighted by atomic mass is 35.5. The first-order chi connectivity index (χ1) is 12.6. The second kappa shape index (κ2) is 8.63. The number of carbonyl (C=O) groups is 1. The smallest absolute Gasteiger partial charge is 0.230 e. The molecule has 0 fully saturated rings. The summed E-state index contributed by atoms with van der Waals surface area (Å²) in [6, 6.07) is 21.4. The predicted molar refractivity (Wildman–Crippen MR) is 105 cm³/mol. The number of amides is 1. The topological polar surface area (TPSA) is 33.2 Å². The Hall–Kier alpha value is -2.65. The Morgan fingerprint density at radius 1 is 1.00 bits per heavy atom. The first-order valence-corrected chi connectivity index (χ1v) is 8.94. The minimum Gasteiger partial charge on any atom is -0.341 e. The van der Waals surface area contributed by atoms with Crippen LogP contribution in [0.1, 0.15) is 22.6 Å². The summed E-state index contributed by atoms with van der Waals surface area (Å²) >= 11 is 6.02. The van der Waals surface area contributed by atoms with Crippen LogP contribution in [0.3, 0.4) is 0 Å². The van der Waals surface area contributed by atoms with Gasteiger partial charge in [-0.3, -0.25) is 9.78 Å². The standard InChI is InChI=1S/C22H21ClN2O/c1-25(16-17-6-3-2-4-7-17)22(26)21(14-18-8-5-13-24-15-18)19-9-11-20(23)12-10-19/h2-13,15,21H,14,16H2,1H3. The van der Waals surface area contributed by atoms with Crippen LogP contribution in [0, 0.1) is 0 Å². The zero-order valence-corrected chi connectivity index (χ0v) is 15.4. The molecule has 1 atom stereocenters. The molecule has 4 heteroatoms. The van der Waals surface area contributed by atoms with Gasteiger partial charge in [-0.05, 0) is 41.3 Å². The number of carbonyl (C=O) groups excluding carboxylic acids is 1. The molecule has 26 heavy (non-hydrogen) atoms. The molecule has 1 aromatic heterocycles. The molecule has 3 nitrogen and oxygen atoms in total. The Morgan fingerprint density at radius 3 is 2.35 bits per heavy atom. The SMILES string of the molecule is CN(Cc1ccccc1)C(=O)C(Cc1cccnc1)c1ccc(Cl)cc1. The van der Waals surface area contributed by atoms with Crippen molar-refractivity contribution in [2.45, 2.75) is 18.9 Å². The summed E-state index contributed by atoms with van der Waals surface area (Å²) < 4.78 is 0. The molecule has 0 radical (unpaired) electrons. The van der Waals surface area contributed by atoms with Gasteiger partial charge in [-0.15, -0.1) is 0 Å². The highest BCUT2D eigenvalue weighted by Gasteiger charge is 2.24. The molecule has 2 aromatic carbocycles. The average Bonchev–Trinajstić information content (AvgIpc) is 2.68. The number of benzene rings is 2. The van der Waals surface area contributed by atoms with E-state index >= 15 is 0 Å². The number of likely N-dealkylation sites (N-methyl/N-ethyl adjacent to an activating group) is 1. The van der Waals surface area contributed by atoms with Gasteiger partial charge in [0.1, 0.15) is 0 Å². The summed E-state index contributed by atoms with van der Waals surface area (Å²) in [6.45, 7) is 0.580. The first kappa shape index (κ1) is 18.2. The molecule has 3 rings (SSSR count). The molecule has 0 aliphatic heterocycles. The van der Waals surface area contributed by atoms with E-state index in [1.54, 1.807) is 11.1 Å². The van der Waals surface area contributed by atoms with E-state index in [9.17, 15) is 4.79 Å². The van der Waals surface area contributed by atoms with Crippen molar-refractivity contribution < 1.29 is 4.79 Å². The molecular weight excluding hydrogens is 344 g/mol. The van der Waals surface area contributed by atoms with Crippen molar-refractivity contribution >= 4 is 17.5 Å². The fourth-order valence-electron chi connectivity index (χ4n) is 3.00. The normalized spacial score (nSPS) is 11.8. The van der Waals surface area contributed by atoms with Crippen LogP contribution in [0.5, 0.6) is 0 Å². The minimum absolute atomic E-state index is 0.0834. The lowest BCUT2D eigenvalue weighted by atomic mass is 9.91. The number of nitrogens with zero attached hydrogens (tertiary/aromatic N) is 2.